The van der Waals surface area contributed by atoms with E-state index in [-0.39, 0.29) is 11.5 Å². The summed E-state index contributed by atoms with van der Waals surface area (Å²) in [7, 11) is 3.12. The molecule has 8 nitrogen and oxygen atoms in total. The molecule has 32 heavy (non-hydrogen) atoms. The molecule has 2 heterocycles. The molecule has 0 amide bonds. The molecule has 1 aliphatic rings. The molecule has 4 N–H and O–H groups in total. The molecule has 0 saturated carbocycles. The number of nitriles is 1. The van der Waals surface area contributed by atoms with Gasteiger partial charge in [-0.15, -0.1) is 0 Å². The second-order valence-electron chi connectivity index (χ2n) is 7.33. The van der Waals surface area contributed by atoms with E-state index in [1.807, 2.05) is 36.4 Å². The highest BCUT2D eigenvalue weighted by Crippen LogP contribution is 2.48. The monoisotopic (exact) mass is 425 g/mol. The summed E-state index contributed by atoms with van der Waals surface area (Å²) in [6.45, 7) is 0. The zero-order chi connectivity index (χ0) is 22.4. The van der Waals surface area contributed by atoms with Crippen LogP contribution in [-0.2, 0) is 0 Å². The van der Waals surface area contributed by atoms with Crippen LogP contribution in [0.1, 0.15) is 17.0 Å². The Balaban J connectivity index is 1.87. The lowest BCUT2D eigenvalue weighted by Gasteiger charge is -2.28. The lowest BCUT2D eigenvalue weighted by Crippen LogP contribution is -2.22. The molecular weight excluding hydrogens is 406 g/mol. The van der Waals surface area contributed by atoms with Gasteiger partial charge in [0.05, 0.1) is 47.9 Å². The van der Waals surface area contributed by atoms with Crippen LogP contribution in [0.15, 0.2) is 60.0 Å². The predicted octanol–water partition coefficient (Wildman–Crippen LogP) is 3.60. The summed E-state index contributed by atoms with van der Waals surface area (Å²) in [6, 6.07) is 16.9. The Labute approximate surface area is 183 Å². The summed E-state index contributed by atoms with van der Waals surface area (Å²) in [6.07, 6.45) is 0. The van der Waals surface area contributed by atoms with Crippen LogP contribution in [-0.4, -0.2) is 24.2 Å². The van der Waals surface area contributed by atoms with Gasteiger partial charge in [0.1, 0.15) is 11.6 Å². The van der Waals surface area contributed by atoms with E-state index in [9.17, 15) is 5.26 Å². The van der Waals surface area contributed by atoms with Crippen LogP contribution in [0.4, 0.5) is 5.69 Å². The summed E-state index contributed by atoms with van der Waals surface area (Å²) < 4.78 is 16.7. The van der Waals surface area contributed by atoms with Crippen molar-refractivity contribution in [1.82, 2.24) is 9.97 Å². The fourth-order valence-electron chi connectivity index (χ4n) is 4.11. The van der Waals surface area contributed by atoms with Crippen molar-refractivity contribution >= 4 is 27.8 Å². The van der Waals surface area contributed by atoms with Gasteiger partial charge in [0, 0.05) is 5.56 Å². The molecule has 4 aromatic rings. The van der Waals surface area contributed by atoms with Crippen molar-refractivity contribution < 1.29 is 14.2 Å². The summed E-state index contributed by atoms with van der Waals surface area (Å²) in [5.74, 6) is 0.892. The highest BCUT2D eigenvalue weighted by atomic mass is 16.5. The average molecular weight is 425 g/mol. The van der Waals surface area contributed by atoms with Gasteiger partial charge >= 0.3 is 0 Å². The normalized spacial score (nSPS) is 15.2. The van der Waals surface area contributed by atoms with E-state index in [4.69, 9.17) is 35.6 Å². The van der Waals surface area contributed by atoms with Crippen molar-refractivity contribution in [3.63, 3.8) is 0 Å². The minimum atomic E-state index is -0.579. The molecule has 0 aliphatic carbocycles. The van der Waals surface area contributed by atoms with Gasteiger partial charge in [0.2, 0.25) is 5.88 Å². The van der Waals surface area contributed by atoms with Crippen LogP contribution in [0, 0.1) is 11.3 Å². The highest BCUT2D eigenvalue weighted by molar-refractivity contribution is 5.94. The number of hydrogen-bond acceptors (Lipinski definition) is 8. The number of methoxy groups -OCH3 is 2. The lowest BCUT2D eigenvalue weighted by molar-refractivity contribution is 0.354. The van der Waals surface area contributed by atoms with Crippen molar-refractivity contribution in [3.8, 4) is 23.3 Å². The third-order valence-electron chi connectivity index (χ3n) is 5.57. The van der Waals surface area contributed by atoms with Crippen molar-refractivity contribution in [1.29, 1.82) is 5.26 Å². The smallest absolute Gasteiger partial charge is 0.205 e. The summed E-state index contributed by atoms with van der Waals surface area (Å²) in [4.78, 5) is 9.58. The molecule has 1 unspecified atom stereocenters. The van der Waals surface area contributed by atoms with Gasteiger partial charge < -0.3 is 25.7 Å². The number of anilines is 1. The van der Waals surface area contributed by atoms with E-state index >= 15 is 0 Å². The molecule has 1 atom stereocenters. The number of ether oxygens (including phenoxy) is 3. The Bertz CT molecular complexity index is 1470. The van der Waals surface area contributed by atoms with Gasteiger partial charge in [-0.1, -0.05) is 18.2 Å². The third kappa shape index (κ3) is 2.83. The Morgan fingerprint density at radius 2 is 1.66 bits per heavy atom. The summed E-state index contributed by atoms with van der Waals surface area (Å²) in [5, 5.41) is 9.97. The first-order chi connectivity index (χ1) is 15.5. The molecule has 1 aromatic heterocycles. The molecule has 0 saturated heterocycles. The maximum absolute atomic E-state index is 9.97. The topological polar surface area (TPSA) is 129 Å². The van der Waals surface area contributed by atoms with Crippen LogP contribution in [0.25, 0.3) is 22.1 Å². The maximum atomic E-state index is 9.97. The Kier molecular flexibility index (Phi) is 4.45. The lowest BCUT2D eigenvalue weighted by atomic mass is 9.82. The molecule has 8 heteroatoms. The number of benzene rings is 3. The van der Waals surface area contributed by atoms with Crippen molar-refractivity contribution in [2.45, 2.75) is 5.92 Å². The number of nitrogen functional groups attached to an aromatic ring is 1. The van der Waals surface area contributed by atoms with Crippen LogP contribution in [0.3, 0.4) is 0 Å². The summed E-state index contributed by atoms with van der Waals surface area (Å²) in [5.41, 5.74) is 17.2. The molecule has 0 radical (unpaired) electrons. The molecule has 0 spiro atoms. The number of fused-ring (bicyclic) bond motifs is 4. The molecular formula is C24H19N5O3. The first-order valence-electron chi connectivity index (χ1n) is 9.84. The molecule has 0 fully saturated rings. The van der Waals surface area contributed by atoms with Gasteiger partial charge in [-0.25, -0.2) is 9.97 Å². The van der Waals surface area contributed by atoms with E-state index in [1.54, 1.807) is 26.4 Å². The van der Waals surface area contributed by atoms with Crippen LogP contribution < -0.4 is 25.7 Å². The number of para-hydroxylation sites is 2. The predicted molar refractivity (Wildman–Crippen MR) is 120 cm³/mol. The number of nitrogens with zero attached hydrogens (tertiary/aromatic N) is 3. The number of rotatable bonds is 3. The largest absolute Gasteiger partial charge is 0.493 e. The van der Waals surface area contributed by atoms with E-state index in [0.717, 1.165) is 16.6 Å². The molecule has 0 bridgehead atoms. The van der Waals surface area contributed by atoms with E-state index < -0.39 is 5.92 Å². The van der Waals surface area contributed by atoms with Crippen molar-refractivity contribution in [2.24, 2.45) is 5.73 Å². The molecule has 1 aliphatic heterocycles. The van der Waals surface area contributed by atoms with Crippen LogP contribution >= 0.6 is 0 Å². The number of allylic oxidation sites excluding steroid dienone is 1. The fourth-order valence-corrected chi connectivity index (χ4v) is 4.11. The van der Waals surface area contributed by atoms with E-state index in [1.165, 1.54) is 0 Å². The van der Waals surface area contributed by atoms with Crippen molar-refractivity contribution in [3.05, 3.63) is 71.1 Å². The Morgan fingerprint density at radius 3 is 2.34 bits per heavy atom. The first-order valence-corrected chi connectivity index (χ1v) is 9.84. The van der Waals surface area contributed by atoms with Gasteiger partial charge in [0.15, 0.2) is 17.2 Å². The molecule has 158 valence electrons. The van der Waals surface area contributed by atoms with Crippen LogP contribution in [0.2, 0.25) is 0 Å². The van der Waals surface area contributed by atoms with Crippen molar-refractivity contribution in [2.75, 3.05) is 20.0 Å². The first kappa shape index (κ1) is 19.5. The van der Waals surface area contributed by atoms with Gasteiger partial charge in [0.25, 0.3) is 0 Å². The highest BCUT2D eigenvalue weighted by Gasteiger charge is 2.35. The molecule has 3 aromatic carbocycles. The number of aromatic nitrogens is 2. The second-order valence-corrected chi connectivity index (χ2v) is 7.33. The quantitative estimate of drug-likeness (QED) is 0.376. The zero-order valence-electron chi connectivity index (χ0n) is 17.4. The fraction of sp³-hybridized carbons (Fsp3) is 0.125. The average Bonchev–Trinajstić information content (AvgIpc) is 2.82. The standard InChI is InChI=1S/C24H19N5O3/c1-30-18-8-7-12(9-19(18)31-2)20-13(11-25)24(27)32-23-14(26)10-17-22(21(20)23)29-16-6-4-3-5-15(16)28-17/h3-10,20H,26-27H2,1-2H3. The maximum Gasteiger partial charge on any atom is 0.205 e. The Hall–Kier alpha value is -4.51. The third-order valence-corrected chi connectivity index (χ3v) is 5.57. The summed E-state index contributed by atoms with van der Waals surface area (Å²) >= 11 is 0. The van der Waals surface area contributed by atoms with E-state index in [0.29, 0.717) is 39.5 Å². The minimum Gasteiger partial charge on any atom is -0.493 e. The minimum absolute atomic E-state index is 0.000386. The van der Waals surface area contributed by atoms with E-state index in [2.05, 4.69) is 6.07 Å². The number of hydrogen-bond donors (Lipinski definition) is 2. The van der Waals surface area contributed by atoms with Gasteiger partial charge in [-0.3, -0.25) is 0 Å². The van der Waals surface area contributed by atoms with Gasteiger partial charge in [-0.2, -0.15) is 5.26 Å². The zero-order valence-corrected chi connectivity index (χ0v) is 17.4. The second kappa shape index (κ2) is 7.32. The van der Waals surface area contributed by atoms with Gasteiger partial charge in [-0.05, 0) is 35.9 Å². The molecule has 5 rings (SSSR count). The number of nitrogens with two attached hydrogens (primary N) is 2. The Morgan fingerprint density at radius 1 is 0.938 bits per heavy atom. The SMILES string of the molecule is COc1ccc(C2C(C#N)=C(N)Oc3c(N)cc4nc5ccccc5nc4c32)cc1OC. The van der Waals surface area contributed by atoms with Crippen LogP contribution in [0.5, 0.6) is 17.2 Å².